The van der Waals surface area contributed by atoms with E-state index >= 15 is 0 Å². The van der Waals surface area contributed by atoms with Crippen LogP contribution in [-0.2, 0) is 6.54 Å². The Morgan fingerprint density at radius 1 is 0.743 bits per heavy atom. The fourth-order valence-corrected chi connectivity index (χ4v) is 10.1. The number of benzene rings is 1. The van der Waals surface area contributed by atoms with Crippen LogP contribution in [0.1, 0.15) is 95.2 Å². The Kier molecular flexibility index (Phi) is 11.5. The zero-order valence-electron chi connectivity index (χ0n) is 23.7. The molecule has 0 aliphatic rings. The molecule has 1 aromatic carbocycles. The predicted molar refractivity (Wildman–Crippen MR) is 157 cm³/mol. The van der Waals surface area contributed by atoms with Gasteiger partial charge in [-0.1, -0.05) is 78.2 Å². The summed E-state index contributed by atoms with van der Waals surface area (Å²) in [6.07, 6.45) is 18.7. The predicted octanol–water partition coefficient (Wildman–Crippen LogP) is 9.00. The molecule has 192 valence electrons. The van der Waals surface area contributed by atoms with Crippen LogP contribution in [-0.4, -0.2) is 12.6 Å². The zero-order chi connectivity index (χ0) is 26.0. The number of nitrogens with zero attached hydrogens (tertiary/aromatic N) is 2. The maximum Gasteiger partial charge on any atom is 0.248 e. The summed E-state index contributed by atoms with van der Waals surface area (Å²) in [6, 6.07) is 5.79. The van der Waals surface area contributed by atoms with Crippen molar-refractivity contribution in [2.24, 2.45) is 0 Å². The van der Waals surface area contributed by atoms with Crippen LogP contribution in [0.25, 0.3) is 5.69 Å². The average molecular weight is 492 g/mol. The van der Waals surface area contributed by atoms with Crippen molar-refractivity contribution in [2.45, 2.75) is 112 Å². The molecule has 0 atom stereocenters. The number of rotatable bonds is 16. The molecule has 3 heteroatoms. The lowest BCUT2D eigenvalue weighted by molar-refractivity contribution is -0.696. The highest BCUT2D eigenvalue weighted by Gasteiger charge is 2.35. The maximum absolute atomic E-state index is 4.32. The normalized spacial score (nSPS) is 11.6. The molecule has 1 aromatic heterocycles. The van der Waals surface area contributed by atoms with Gasteiger partial charge in [0.2, 0.25) is 6.33 Å². The van der Waals surface area contributed by atoms with E-state index in [4.69, 9.17) is 0 Å². The molecule has 0 radical (unpaired) electrons. The molecule has 0 spiro atoms. The van der Waals surface area contributed by atoms with Gasteiger partial charge in [-0.2, -0.15) is 0 Å². The van der Waals surface area contributed by atoms with Crippen LogP contribution in [0, 0.1) is 20.8 Å². The summed E-state index contributed by atoms with van der Waals surface area (Å²) >= 11 is 0. The molecular weight excluding hydrogens is 440 g/mol. The fraction of sp³-hybridized carbons (Fsp3) is 0.531. The van der Waals surface area contributed by atoms with Crippen molar-refractivity contribution < 1.29 is 4.57 Å². The summed E-state index contributed by atoms with van der Waals surface area (Å²) in [5.41, 5.74) is 5.34. The quantitative estimate of drug-likeness (QED) is 0.126. The van der Waals surface area contributed by atoms with Crippen LogP contribution >= 0.6 is 0 Å². The van der Waals surface area contributed by atoms with Crippen LogP contribution in [0.4, 0.5) is 0 Å². The third-order valence-corrected chi connectivity index (χ3v) is 13.2. The van der Waals surface area contributed by atoms with Crippen molar-refractivity contribution in [3.8, 4) is 5.69 Å². The van der Waals surface area contributed by atoms with Crippen molar-refractivity contribution in [2.75, 3.05) is 0 Å². The molecule has 2 rings (SSSR count). The first kappa shape index (κ1) is 29.1. The van der Waals surface area contributed by atoms with E-state index in [1.807, 2.05) is 0 Å². The van der Waals surface area contributed by atoms with Gasteiger partial charge in [0.25, 0.3) is 0 Å². The third-order valence-electron chi connectivity index (χ3n) is 7.74. The lowest BCUT2D eigenvalue weighted by Crippen LogP contribution is -2.39. The van der Waals surface area contributed by atoms with Crippen LogP contribution < -0.4 is 4.57 Å². The number of unbranched alkanes of at least 4 members (excludes halogenated alkanes) is 8. The number of hydrogen-bond donors (Lipinski definition) is 0. The van der Waals surface area contributed by atoms with E-state index in [2.05, 4.69) is 101 Å². The number of imidazole rings is 1. The van der Waals surface area contributed by atoms with Crippen LogP contribution in [0.5, 0.6) is 0 Å². The van der Waals surface area contributed by atoms with Gasteiger partial charge >= 0.3 is 0 Å². The Balaban J connectivity index is 1.60. The highest BCUT2D eigenvalue weighted by atomic mass is 28.3. The van der Waals surface area contributed by atoms with Gasteiger partial charge in [0, 0.05) is 0 Å². The number of aryl methyl sites for hydroxylation is 4. The third kappa shape index (κ3) is 7.93. The Hall–Kier alpha value is -2.13. The molecule has 0 amide bonds. The van der Waals surface area contributed by atoms with Gasteiger partial charge in [0.05, 0.1) is 6.54 Å². The molecule has 0 aliphatic heterocycles. The van der Waals surface area contributed by atoms with E-state index in [1.54, 1.807) is 0 Å². The first-order chi connectivity index (χ1) is 16.6. The van der Waals surface area contributed by atoms with E-state index in [0.717, 1.165) is 6.54 Å². The van der Waals surface area contributed by atoms with E-state index in [9.17, 15) is 0 Å². The monoisotopic (exact) mass is 491 g/mol. The minimum Gasteiger partial charge on any atom is -0.236 e. The minimum absolute atomic E-state index is 1.11. The summed E-state index contributed by atoms with van der Waals surface area (Å²) in [4.78, 5) is 0. The highest BCUT2D eigenvalue weighted by Crippen LogP contribution is 2.34. The van der Waals surface area contributed by atoms with Crippen LogP contribution in [0.15, 0.2) is 66.2 Å². The molecule has 2 aromatic rings. The highest BCUT2D eigenvalue weighted by molar-refractivity contribution is 6.97. The van der Waals surface area contributed by atoms with E-state index in [1.165, 1.54) is 102 Å². The fourth-order valence-electron chi connectivity index (χ4n) is 5.89. The molecule has 0 saturated heterocycles. The van der Waals surface area contributed by atoms with Crippen LogP contribution in [0.3, 0.4) is 0 Å². The van der Waals surface area contributed by atoms with E-state index < -0.39 is 8.07 Å². The van der Waals surface area contributed by atoms with Gasteiger partial charge in [-0.3, -0.25) is 0 Å². The Morgan fingerprint density at radius 3 is 1.69 bits per heavy atom. The lowest BCUT2D eigenvalue weighted by atomic mass is 10.1. The molecule has 0 bridgehead atoms. The Labute approximate surface area is 217 Å². The topological polar surface area (TPSA) is 8.81 Å². The number of hydrogen-bond acceptors (Lipinski definition) is 0. The van der Waals surface area contributed by atoms with Gasteiger partial charge in [0.1, 0.15) is 26.2 Å². The maximum atomic E-state index is 4.32. The van der Waals surface area contributed by atoms with Crippen molar-refractivity contribution >= 4 is 8.07 Å². The zero-order valence-corrected chi connectivity index (χ0v) is 24.7. The largest absolute Gasteiger partial charge is 0.248 e. The van der Waals surface area contributed by atoms with E-state index in [0.29, 0.717) is 0 Å². The Bertz CT molecular complexity index is 951. The van der Waals surface area contributed by atoms with Gasteiger partial charge in [-0.25, -0.2) is 9.13 Å². The second-order valence-corrected chi connectivity index (χ2v) is 15.9. The number of allylic oxidation sites excluding steroid dienone is 3. The molecule has 35 heavy (non-hydrogen) atoms. The van der Waals surface area contributed by atoms with Gasteiger partial charge in [-0.05, 0) is 71.6 Å². The smallest absolute Gasteiger partial charge is 0.236 e. The van der Waals surface area contributed by atoms with Gasteiger partial charge in [0.15, 0.2) is 0 Å². The van der Waals surface area contributed by atoms with Crippen molar-refractivity contribution in [3.63, 3.8) is 0 Å². The summed E-state index contributed by atoms with van der Waals surface area (Å²) in [5, 5.41) is 3.98. The summed E-state index contributed by atoms with van der Waals surface area (Å²) in [6.45, 7) is 27.2. The van der Waals surface area contributed by atoms with Gasteiger partial charge < -0.3 is 0 Å². The molecule has 0 aliphatic carbocycles. The summed E-state index contributed by atoms with van der Waals surface area (Å²) in [5.74, 6) is 0. The summed E-state index contributed by atoms with van der Waals surface area (Å²) < 4.78 is 4.61. The lowest BCUT2D eigenvalue weighted by Gasteiger charge is -2.34. The first-order valence-corrected chi connectivity index (χ1v) is 15.9. The van der Waals surface area contributed by atoms with Crippen molar-refractivity contribution in [1.82, 2.24) is 4.57 Å². The van der Waals surface area contributed by atoms with Crippen LogP contribution in [0.2, 0.25) is 6.04 Å². The minimum atomic E-state index is -1.76. The van der Waals surface area contributed by atoms with Gasteiger partial charge in [-0.15, -0.1) is 19.7 Å². The van der Waals surface area contributed by atoms with Crippen molar-refractivity contribution in [3.05, 3.63) is 82.9 Å². The molecule has 2 nitrogen and oxygen atoms in total. The Morgan fingerprint density at radius 2 is 1.20 bits per heavy atom. The molecule has 1 heterocycles. The van der Waals surface area contributed by atoms with Crippen molar-refractivity contribution in [1.29, 1.82) is 0 Å². The first-order valence-electron chi connectivity index (χ1n) is 13.7. The second kappa shape index (κ2) is 13.8. The number of aromatic nitrogens is 2. The summed E-state index contributed by atoms with van der Waals surface area (Å²) in [7, 11) is -1.76. The molecule has 0 saturated carbocycles. The molecular formula is C32H51N2Si+. The van der Waals surface area contributed by atoms with E-state index in [-0.39, 0.29) is 0 Å². The molecule has 0 N–H and O–H groups in total. The SMILES string of the molecule is C=C(C)[Si](CCCCCCCCCCC[n+]1ccn(-c2c(C)cc(C)cc2C)c1)(C(=C)C)C(=C)C. The second-order valence-electron chi connectivity index (χ2n) is 11.0. The average Bonchev–Trinajstić information content (AvgIpc) is 3.21. The molecule has 0 fully saturated rings. The standard InChI is InChI=1S/C32H51N2Si/c1-26(2)35(27(3)4,28(5)6)22-18-16-14-12-10-11-13-15-17-19-33-20-21-34(25-33)32-30(8)23-29(7)24-31(32)9/h20-21,23-25H,1,3,5,10-19,22H2,2,4,6-9H3/q+1. The molecule has 0 unspecified atom stereocenters.